The zero-order valence-electron chi connectivity index (χ0n) is 35.4. The summed E-state index contributed by atoms with van der Waals surface area (Å²) in [6.07, 6.45) is 3.48. The predicted octanol–water partition coefficient (Wildman–Crippen LogP) is 12.1. The van der Waals surface area contributed by atoms with Crippen LogP contribution in [0.3, 0.4) is 0 Å². The molecule has 0 spiro atoms. The van der Waals surface area contributed by atoms with Crippen LogP contribution >= 0.6 is 51.4 Å². The number of phenolic OH excluding ortho intramolecular Hbond substituents is 1. The monoisotopic (exact) mass is 1430 g/mol. The first-order chi connectivity index (χ1) is 29.5. The largest absolute Gasteiger partial charge is 2.00 e. The first kappa shape index (κ1) is 91.2. The fourth-order valence-electron chi connectivity index (χ4n) is 3.31. The van der Waals surface area contributed by atoms with E-state index in [-0.39, 0.29) is 45.4 Å². The second kappa shape index (κ2) is 33.9. The molecule has 12 nitrogen and oxygen atoms in total. The zero-order valence-corrected chi connectivity index (χ0v) is 44.3. The van der Waals surface area contributed by atoms with Crippen molar-refractivity contribution < 1.29 is 176 Å². The number of nitrogens with two attached hydrogens (primary N) is 2. The first-order valence-corrected chi connectivity index (χ1v) is 28.2. The van der Waals surface area contributed by atoms with Crippen molar-refractivity contribution >= 4 is 63.9 Å². The minimum atomic E-state index is -10.7. The van der Waals surface area contributed by atoms with Crippen molar-refractivity contribution in [1.29, 1.82) is 0 Å². The SMILES string of the molecule is Cc1cc(C=NCCNCCNCCNCCN)c(O)c(C=NCCNCCNCCNCCN)c1.F[P-](F)(F)(F)(F)F.F[P-](F)(F)(F)(F)F.F[P-](F)(F)(F)(F)F.F[P-](F)(F)(F)(F)F.O.[Cl][Cu].[Cl][Cu].[Cu+2].[Cu+2]. The molecule has 13 N–H and O–H groups in total. The average molecular weight is 1430 g/mol. The van der Waals surface area contributed by atoms with Gasteiger partial charge < -0.3 is 54.0 Å². The number of hydrogen-bond donors (Lipinski definition) is 9. The van der Waals surface area contributed by atoms with E-state index in [1.807, 2.05) is 19.1 Å². The summed E-state index contributed by atoms with van der Waals surface area (Å²) in [6.45, 7) is 15.3. The van der Waals surface area contributed by atoms with Gasteiger partial charge in [0.05, 0.1) is 13.1 Å². The number of aliphatic imine (C=N–C) groups is 2. The summed E-state index contributed by atoms with van der Waals surface area (Å²) in [5, 5.41) is 30.6. The molecule has 1 rings (SSSR count). The molecule has 0 fully saturated rings. The summed E-state index contributed by atoms with van der Waals surface area (Å²) in [4.78, 5) is 8.92. The maximum atomic E-state index is 10.6. The van der Waals surface area contributed by atoms with Crippen LogP contribution in [0, 0.1) is 6.92 Å². The van der Waals surface area contributed by atoms with Gasteiger partial charge in [-0.3, -0.25) is 9.98 Å². The van der Waals surface area contributed by atoms with Crippen LogP contribution in [0.2, 0.25) is 0 Å². The van der Waals surface area contributed by atoms with Gasteiger partial charge in [-0.2, -0.15) is 0 Å². The third-order valence-electron chi connectivity index (χ3n) is 5.17. The van der Waals surface area contributed by atoms with E-state index in [4.69, 9.17) is 11.5 Å². The molecule has 0 bridgehead atoms. The number of aromatic hydroxyl groups is 1. The summed E-state index contributed by atoms with van der Waals surface area (Å²) in [5.41, 5.74) is 13.4. The number of aryl methyl sites for hydroxylation is 1. The molecule has 0 atom stereocenters. The molecule has 2 radical (unpaired) electrons. The minimum absolute atomic E-state index is 0. The van der Waals surface area contributed by atoms with Crippen LogP contribution in [-0.4, -0.2) is 128 Å². The van der Waals surface area contributed by atoms with Gasteiger partial charge in [-0.25, -0.2) is 0 Å². The molecule has 0 aliphatic carbocycles. The molecule has 1 aromatic rings. The molecular weight excluding hydrogens is 1380 g/mol. The van der Waals surface area contributed by atoms with Crippen molar-refractivity contribution in [2.45, 2.75) is 6.92 Å². The topological polar surface area (TPSA) is 201 Å². The molecule has 460 valence electrons. The molecule has 0 aliphatic heterocycles. The van der Waals surface area contributed by atoms with Crippen LogP contribution < -0.4 is 43.4 Å². The van der Waals surface area contributed by atoms with Crippen molar-refractivity contribution in [3.63, 3.8) is 0 Å². The molecule has 71 heavy (non-hydrogen) atoms. The average Bonchev–Trinajstić information content (AvgIpc) is 3.07. The van der Waals surface area contributed by atoms with E-state index in [1.165, 1.54) is 0 Å². The Morgan fingerprint density at radius 1 is 0.437 bits per heavy atom. The second-order valence-corrected chi connectivity index (χ2v) is 19.9. The van der Waals surface area contributed by atoms with Crippen LogP contribution in [0.15, 0.2) is 22.1 Å². The standard InChI is InChI=1S/C25H50N10O.2ClH.4Cu.4F6P.H2O/c1-22-18-23(20-34-16-14-32-12-10-30-8-6-28-4-2-26)25(36)24(19-22)21-35-17-15-33-13-11-31-9-7-29-5-3-27;;;;;;;4*1-7(2,3,4,5)6;/h18-21,28-33,36H,2-17,26-27H2,1H3;2*1H;;;;;;;;;1H2/q;;;2*+1;2*+2;4*-1;/p-2. The maximum absolute atomic E-state index is 10.7. The third kappa shape index (κ3) is 167. The molecule has 46 heteroatoms. The maximum Gasteiger partial charge on any atom is 2.00 e. The van der Waals surface area contributed by atoms with E-state index in [0.29, 0.717) is 37.3 Å². The Kier molecular flexibility index (Phi) is 43.5. The number of phenols is 1. The van der Waals surface area contributed by atoms with Gasteiger partial charge in [0.15, 0.2) is 0 Å². The number of nitrogens with zero attached hydrogens (tertiary/aromatic N) is 2. The van der Waals surface area contributed by atoms with Crippen LogP contribution in [0.5, 0.6) is 5.75 Å². The second-order valence-electron chi connectivity index (χ2n) is 12.3. The predicted molar refractivity (Wildman–Crippen MR) is 223 cm³/mol. The first-order valence-electron chi connectivity index (χ1n) is 17.4. The Bertz CT molecular complexity index is 1370. The van der Waals surface area contributed by atoms with Crippen LogP contribution in [-0.2, 0) is 64.3 Å². The fraction of sp³-hybridized carbons (Fsp3) is 0.680. The molecular formula is C25H52Cl2Cu4F24N10O2P4. The normalized spacial score (nSPS) is 15.3. The molecule has 0 saturated carbocycles. The molecule has 0 amide bonds. The van der Waals surface area contributed by atoms with E-state index >= 15 is 0 Å². The van der Waals surface area contributed by atoms with Gasteiger partial charge in [-0.05, 0) is 24.6 Å². The molecule has 1 aromatic carbocycles. The zero-order chi connectivity index (χ0) is 55.7. The van der Waals surface area contributed by atoms with Gasteiger partial charge in [-0.1, -0.05) is 0 Å². The number of halogens is 26. The smallest absolute Gasteiger partial charge is 2.00 e. The van der Waals surface area contributed by atoms with Gasteiger partial charge in [0.2, 0.25) is 0 Å². The Labute approximate surface area is 436 Å². The van der Waals surface area contributed by atoms with Gasteiger partial charge >= 0.3 is 216 Å². The van der Waals surface area contributed by atoms with E-state index in [2.05, 4.69) is 92.3 Å². The summed E-state index contributed by atoms with van der Waals surface area (Å²) in [6, 6.07) is 3.87. The van der Waals surface area contributed by atoms with Crippen LogP contribution in [0.4, 0.5) is 101 Å². The molecule has 0 saturated heterocycles. The Hall–Kier alpha value is 0.698. The Morgan fingerprint density at radius 3 is 0.789 bits per heavy atom. The van der Waals surface area contributed by atoms with Gasteiger partial charge in [0.1, 0.15) is 5.75 Å². The summed E-state index contributed by atoms with van der Waals surface area (Å²) in [5.74, 6) is 0.217. The van der Waals surface area contributed by atoms with Crippen molar-refractivity contribution in [3.8, 4) is 5.75 Å². The van der Waals surface area contributed by atoms with Gasteiger partial charge in [0.25, 0.3) is 0 Å². The van der Waals surface area contributed by atoms with Crippen molar-refractivity contribution in [2.75, 3.05) is 105 Å². The molecule has 0 aromatic heterocycles. The molecule has 0 aliphatic rings. The van der Waals surface area contributed by atoms with Crippen LogP contribution in [0.25, 0.3) is 0 Å². The summed E-state index contributed by atoms with van der Waals surface area (Å²) < 4.78 is 237. The number of rotatable bonds is 24. The van der Waals surface area contributed by atoms with Crippen molar-refractivity contribution in [1.82, 2.24) is 31.9 Å². The van der Waals surface area contributed by atoms with Crippen molar-refractivity contribution in [3.05, 3.63) is 28.8 Å². The Morgan fingerprint density at radius 2 is 0.606 bits per heavy atom. The number of hydrogen-bond acceptors (Lipinski definition) is 11. The minimum Gasteiger partial charge on any atom is 2.00 e. The van der Waals surface area contributed by atoms with Gasteiger partial charge in [-0.15, -0.1) is 0 Å². The van der Waals surface area contributed by atoms with E-state index in [1.54, 1.807) is 12.4 Å². The fourth-order valence-corrected chi connectivity index (χ4v) is 3.31. The molecule has 0 heterocycles. The van der Waals surface area contributed by atoms with E-state index in [9.17, 15) is 106 Å². The van der Waals surface area contributed by atoms with Gasteiger partial charge in [0, 0.05) is 115 Å². The number of benzene rings is 1. The van der Waals surface area contributed by atoms with Crippen LogP contribution in [0.1, 0.15) is 16.7 Å². The Balaban J connectivity index is -0.000000127. The number of nitrogens with one attached hydrogen (secondary N) is 6. The van der Waals surface area contributed by atoms with Crippen molar-refractivity contribution in [2.24, 2.45) is 21.5 Å². The summed E-state index contributed by atoms with van der Waals surface area (Å²) >= 11 is 7.32. The summed E-state index contributed by atoms with van der Waals surface area (Å²) in [7, 11) is -34.2. The third-order valence-corrected chi connectivity index (χ3v) is 5.17. The molecule has 0 unspecified atom stereocenters. The van der Waals surface area contributed by atoms with E-state index in [0.717, 1.165) is 84.1 Å². The quantitative estimate of drug-likeness (QED) is 0.0159. The van der Waals surface area contributed by atoms with E-state index < -0.39 is 31.2 Å².